The third-order valence-corrected chi connectivity index (χ3v) is 4.34. The topological polar surface area (TPSA) is 9.23 Å². The van der Waals surface area contributed by atoms with Gasteiger partial charge in [0.2, 0.25) is 0 Å². The van der Waals surface area contributed by atoms with E-state index in [1.807, 2.05) is 0 Å². The number of hydrogen-bond acceptors (Lipinski definition) is 1. The van der Waals surface area contributed by atoms with Gasteiger partial charge < -0.3 is 4.74 Å². The molecule has 0 N–H and O–H groups in total. The first-order valence-electron chi connectivity index (χ1n) is 5.72. The van der Waals surface area contributed by atoms with Crippen molar-refractivity contribution < 1.29 is 4.74 Å². The van der Waals surface area contributed by atoms with Crippen LogP contribution in [0.3, 0.4) is 0 Å². The monoisotopic (exact) mass is 426 g/mol. The maximum atomic E-state index is 5.91. The van der Waals surface area contributed by atoms with E-state index in [1.54, 1.807) is 0 Å². The van der Waals surface area contributed by atoms with E-state index in [-0.39, 0.29) is 0 Å². The van der Waals surface area contributed by atoms with E-state index < -0.39 is 0 Å². The lowest BCUT2D eigenvalue weighted by Gasteiger charge is -2.15. The van der Waals surface area contributed by atoms with Gasteiger partial charge in [-0.05, 0) is 12.0 Å². The first kappa shape index (κ1) is 15.5. The van der Waals surface area contributed by atoms with Gasteiger partial charge in [0.15, 0.2) is 0 Å². The van der Waals surface area contributed by atoms with Crippen LogP contribution >= 0.6 is 47.8 Å². The van der Waals surface area contributed by atoms with Crippen molar-refractivity contribution in [1.29, 1.82) is 0 Å². The number of alkyl halides is 3. The van der Waals surface area contributed by atoms with Gasteiger partial charge in [-0.2, -0.15) is 0 Å². The highest BCUT2D eigenvalue weighted by Crippen LogP contribution is 2.30. The lowest BCUT2D eigenvalue weighted by Crippen LogP contribution is -2.03. The van der Waals surface area contributed by atoms with Gasteiger partial charge in [0, 0.05) is 27.1 Å². The summed E-state index contributed by atoms with van der Waals surface area (Å²) in [5, 5.41) is 2.53. The Kier molecular flexibility index (Phi) is 7.80. The zero-order valence-electron chi connectivity index (χ0n) is 9.94. The van der Waals surface area contributed by atoms with Gasteiger partial charge in [-0.25, -0.2) is 0 Å². The molecule has 4 heteroatoms. The summed E-state index contributed by atoms with van der Waals surface area (Å²) < 4.78 is 5.91. The summed E-state index contributed by atoms with van der Waals surface area (Å²) in [6.07, 6.45) is 2.26. The van der Waals surface area contributed by atoms with Crippen LogP contribution in [0.4, 0.5) is 0 Å². The Labute approximate surface area is 129 Å². The van der Waals surface area contributed by atoms with E-state index in [1.165, 1.54) is 16.7 Å². The maximum Gasteiger partial charge on any atom is 0.127 e. The first-order valence-corrected chi connectivity index (χ1v) is 9.08. The summed E-state index contributed by atoms with van der Waals surface area (Å²) in [5.74, 6) is 1.04. The molecule has 0 saturated carbocycles. The molecule has 0 aliphatic rings. The van der Waals surface area contributed by atoms with Crippen LogP contribution in [-0.2, 0) is 16.0 Å². The minimum atomic E-state index is 0.796. The van der Waals surface area contributed by atoms with Crippen LogP contribution in [0.15, 0.2) is 12.1 Å². The van der Waals surface area contributed by atoms with Crippen LogP contribution in [0.2, 0.25) is 0 Å². The highest BCUT2D eigenvalue weighted by atomic mass is 79.9. The zero-order valence-corrected chi connectivity index (χ0v) is 14.7. The molecule has 0 spiro atoms. The molecular weight excluding hydrogens is 412 g/mol. The lowest BCUT2D eigenvalue weighted by atomic mass is 10.1. The molecule has 0 atom stereocenters. The lowest BCUT2D eigenvalue weighted by molar-refractivity contribution is 0.305. The van der Waals surface area contributed by atoms with Crippen LogP contribution in [0.1, 0.15) is 36.5 Å². The fraction of sp³-hybridized carbons (Fsp3) is 0.538. The molecule has 1 nitrogen and oxygen atoms in total. The fourth-order valence-corrected chi connectivity index (χ4v) is 2.76. The van der Waals surface area contributed by atoms with Crippen LogP contribution in [0.25, 0.3) is 0 Å². The van der Waals surface area contributed by atoms with Crippen LogP contribution in [0.5, 0.6) is 5.75 Å². The van der Waals surface area contributed by atoms with Gasteiger partial charge in [0.05, 0.1) is 6.61 Å². The summed E-state index contributed by atoms with van der Waals surface area (Å²) in [5.41, 5.74) is 3.75. The molecular formula is C13H17Br3O. The molecule has 0 bridgehead atoms. The quantitative estimate of drug-likeness (QED) is 0.408. The minimum Gasteiger partial charge on any atom is -0.493 e. The SMILES string of the molecule is CCCCOc1c(CBr)cc(CBr)cc1CBr. The summed E-state index contributed by atoms with van der Waals surface area (Å²) in [4.78, 5) is 0. The Morgan fingerprint density at radius 1 is 1.00 bits per heavy atom. The number of rotatable bonds is 7. The molecule has 1 aromatic rings. The van der Waals surface area contributed by atoms with Gasteiger partial charge in [0.1, 0.15) is 5.75 Å². The molecule has 0 radical (unpaired) electrons. The Bertz CT molecular complexity index is 328. The van der Waals surface area contributed by atoms with Crippen LogP contribution in [-0.4, -0.2) is 6.61 Å². The van der Waals surface area contributed by atoms with E-state index >= 15 is 0 Å². The number of unbranched alkanes of at least 4 members (excludes halogenated alkanes) is 1. The minimum absolute atomic E-state index is 0.796. The Hall–Kier alpha value is 0.460. The first-order chi connectivity index (χ1) is 8.26. The summed E-state index contributed by atoms with van der Waals surface area (Å²) >= 11 is 10.6. The molecule has 0 unspecified atom stereocenters. The van der Waals surface area contributed by atoms with Crippen molar-refractivity contribution in [1.82, 2.24) is 0 Å². The van der Waals surface area contributed by atoms with Crippen LogP contribution in [0, 0.1) is 0 Å². The van der Waals surface area contributed by atoms with E-state index in [0.717, 1.165) is 41.2 Å². The normalized spacial score (nSPS) is 10.6. The largest absolute Gasteiger partial charge is 0.493 e. The summed E-state index contributed by atoms with van der Waals surface area (Å²) in [6.45, 7) is 2.97. The smallest absolute Gasteiger partial charge is 0.127 e. The van der Waals surface area contributed by atoms with Gasteiger partial charge in [-0.15, -0.1) is 0 Å². The highest BCUT2D eigenvalue weighted by Gasteiger charge is 2.10. The molecule has 0 saturated heterocycles. The Morgan fingerprint density at radius 3 is 2.00 bits per heavy atom. The second-order valence-corrected chi connectivity index (χ2v) is 5.53. The van der Waals surface area contributed by atoms with Crippen molar-refractivity contribution in [3.05, 3.63) is 28.8 Å². The zero-order chi connectivity index (χ0) is 12.7. The molecule has 0 aliphatic carbocycles. The fourth-order valence-electron chi connectivity index (χ4n) is 1.61. The molecule has 1 aromatic carbocycles. The number of ether oxygens (including phenoxy) is 1. The van der Waals surface area contributed by atoms with Crippen molar-refractivity contribution >= 4 is 47.8 Å². The molecule has 0 aromatic heterocycles. The van der Waals surface area contributed by atoms with Gasteiger partial charge >= 0.3 is 0 Å². The molecule has 0 fully saturated rings. The number of halogens is 3. The second-order valence-electron chi connectivity index (χ2n) is 3.85. The Balaban J connectivity index is 2.98. The van der Waals surface area contributed by atoms with E-state index in [4.69, 9.17) is 4.74 Å². The standard InChI is InChI=1S/C13H17Br3O/c1-2-3-4-17-13-11(8-15)5-10(7-14)6-12(13)9-16/h5-6H,2-4,7-9H2,1H3. The van der Waals surface area contributed by atoms with Crippen molar-refractivity contribution in [2.75, 3.05) is 6.61 Å². The predicted octanol–water partition coefficient (Wildman–Crippen LogP) is 5.55. The van der Waals surface area contributed by atoms with E-state index in [0.29, 0.717) is 0 Å². The third kappa shape index (κ3) is 4.56. The Morgan fingerprint density at radius 2 is 1.59 bits per heavy atom. The third-order valence-electron chi connectivity index (χ3n) is 2.49. The van der Waals surface area contributed by atoms with Gasteiger partial charge in [0.25, 0.3) is 0 Å². The summed E-state index contributed by atoms with van der Waals surface area (Å²) in [7, 11) is 0. The predicted molar refractivity (Wildman–Crippen MR) is 84.7 cm³/mol. The molecule has 0 heterocycles. The summed E-state index contributed by atoms with van der Waals surface area (Å²) in [6, 6.07) is 4.38. The second kappa shape index (κ2) is 8.54. The van der Waals surface area contributed by atoms with Crippen molar-refractivity contribution in [2.45, 2.75) is 35.8 Å². The van der Waals surface area contributed by atoms with E-state index in [9.17, 15) is 0 Å². The van der Waals surface area contributed by atoms with Crippen LogP contribution < -0.4 is 4.74 Å². The van der Waals surface area contributed by atoms with Gasteiger partial charge in [-0.3, -0.25) is 0 Å². The number of benzene rings is 1. The van der Waals surface area contributed by atoms with Crippen molar-refractivity contribution in [3.63, 3.8) is 0 Å². The molecule has 17 heavy (non-hydrogen) atoms. The van der Waals surface area contributed by atoms with Crippen molar-refractivity contribution in [2.24, 2.45) is 0 Å². The molecule has 1 rings (SSSR count). The average molecular weight is 429 g/mol. The molecule has 0 amide bonds. The van der Waals surface area contributed by atoms with Crippen molar-refractivity contribution in [3.8, 4) is 5.75 Å². The average Bonchev–Trinajstić information content (AvgIpc) is 2.38. The highest BCUT2D eigenvalue weighted by molar-refractivity contribution is 9.09. The molecule has 96 valence electrons. The maximum absolute atomic E-state index is 5.91. The number of hydrogen-bond donors (Lipinski definition) is 0. The van der Waals surface area contributed by atoms with Gasteiger partial charge in [-0.1, -0.05) is 73.3 Å². The molecule has 0 aliphatic heterocycles. The van der Waals surface area contributed by atoms with E-state index in [2.05, 4.69) is 66.8 Å².